The van der Waals surface area contributed by atoms with Gasteiger partial charge < -0.3 is 9.47 Å². The van der Waals surface area contributed by atoms with E-state index in [0.29, 0.717) is 11.5 Å². The molecule has 4 nitrogen and oxygen atoms in total. The molecule has 4 heteroatoms. The van der Waals surface area contributed by atoms with Gasteiger partial charge in [-0.15, -0.1) is 0 Å². The lowest BCUT2D eigenvalue weighted by molar-refractivity contribution is 0.393. The zero-order valence-electron chi connectivity index (χ0n) is 15.8. The molecule has 0 aromatic heterocycles. The number of allylic oxidation sites excluding steroid dienone is 1. The maximum Gasteiger partial charge on any atom is 0.141 e. The number of nitriles is 1. The molecule has 0 radical (unpaired) electrons. The third kappa shape index (κ3) is 4.46. The largest absolute Gasteiger partial charge is 0.497 e. The first-order chi connectivity index (χ1) is 13.7. The summed E-state index contributed by atoms with van der Waals surface area (Å²) in [7, 11) is 3.18. The van der Waals surface area contributed by atoms with Gasteiger partial charge in [0.15, 0.2) is 0 Å². The van der Waals surface area contributed by atoms with Crippen LogP contribution in [0.1, 0.15) is 16.7 Å². The number of ether oxygens (including phenoxy) is 2. The summed E-state index contributed by atoms with van der Waals surface area (Å²) in [6.45, 7) is 0. The van der Waals surface area contributed by atoms with E-state index in [-0.39, 0.29) is 5.70 Å². The minimum atomic E-state index is 0.283. The summed E-state index contributed by atoms with van der Waals surface area (Å²) >= 11 is 0. The third-order valence-corrected chi connectivity index (χ3v) is 4.17. The minimum absolute atomic E-state index is 0.283. The van der Waals surface area contributed by atoms with Crippen LogP contribution in [0.25, 0.3) is 6.08 Å². The second-order valence-electron chi connectivity index (χ2n) is 5.94. The Morgan fingerprint density at radius 3 is 1.96 bits per heavy atom. The molecule has 0 amide bonds. The average molecular weight is 368 g/mol. The van der Waals surface area contributed by atoms with Gasteiger partial charge in [-0.2, -0.15) is 5.26 Å². The van der Waals surface area contributed by atoms with E-state index >= 15 is 0 Å². The van der Waals surface area contributed by atoms with Crippen LogP contribution in [0.2, 0.25) is 0 Å². The van der Waals surface area contributed by atoms with Gasteiger partial charge in [0.05, 0.1) is 19.9 Å². The van der Waals surface area contributed by atoms with Crippen LogP contribution in [0.15, 0.2) is 89.6 Å². The number of rotatable bonds is 6. The first kappa shape index (κ1) is 18.9. The second-order valence-corrected chi connectivity index (χ2v) is 5.94. The fraction of sp³-hybridized carbons (Fsp3) is 0.0833. The van der Waals surface area contributed by atoms with E-state index in [0.717, 1.165) is 22.4 Å². The van der Waals surface area contributed by atoms with E-state index in [1.165, 1.54) is 0 Å². The fourth-order valence-corrected chi connectivity index (χ4v) is 2.78. The molecule has 3 aromatic rings. The Labute approximate surface area is 165 Å². The number of benzene rings is 3. The fourth-order valence-electron chi connectivity index (χ4n) is 2.78. The Morgan fingerprint density at radius 1 is 0.857 bits per heavy atom. The number of hydrogen-bond donors (Lipinski definition) is 0. The van der Waals surface area contributed by atoms with E-state index < -0.39 is 0 Å². The molecule has 0 spiro atoms. The van der Waals surface area contributed by atoms with Crippen LogP contribution in [0.3, 0.4) is 0 Å². The Hall–Kier alpha value is -3.84. The molecule has 0 atom stereocenters. The molecule has 0 unspecified atom stereocenters. The standard InChI is InChI=1S/C24H20N2O2/c1-27-22-14-13-20(23(16-22)28-2)15-21(17-25)26-24(18-9-5-3-6-10-18)19-11-7-4-8-12-19/h3-16H,1-2H3/b21-15-. The Kier molecular flexibility index (Phi) is 6.22. The van der Waals surface area contributed by atoms with Crippen LogP contribution < -0.4 is 9.47 Å². The summed E-state index contributed by atoms with van der Waals surface area (Å²) in [6, 6.07) is 27.3. The van der Waals surface area contributed by atoms with Gasteiger partial charge in [-0.1, -0.05) is 60.7 Å². The van der Waals surface area contributed by atoms with Crippen molar-refractivity contribution in [3.05, 3.63) is 101 Å². The zero-order chi connectivity index (χ0) is 19.8. The van der Waals surface area contributed by atoms with Crippen molar-refractivity contribution in [2.45, 2.75) is 0 Å². The van der Waals surface area contributed by atoms with Gasteiger partial charge >= 0.3 is 0 Å². The van der Waals surface area contributed by atoms with E-state index in [1.807, 2.05) is 72.8 Å². The molecule has 0 heterocycles. The highest BCUT2D eigenvalue weighted by atomic mass is 16.5. The van der Waals surface area contributed by atoms with E-state index in [2.05, 4.69) is 11.1 Å². The molecule has 0 saturated heterocycles. The van der Waals surface area contributed by atoms with Gasteiger partial charge in [0.1, 0.15) is 23.3 Å². The van der Waals surface area contributed by atoms with Gasteiger partial charge in [0.2, 0.25) is 0 Å². The number of hydrogen-bond acceptors (Lipinski definition) is 4. The van der Waals surface area contributed by atoms with Crippen LogP contribution >= 0.6 is 0 Å². The van der Waals surface area contributed by atoms with Crippen LogP contribution in [0, 0.1) is 11.3 Å². The molecule has 0 saturated carbocycles. The molecule has 3 rings (SSSR count). The molecule has 0 N–H and O–H groups in total. The Bertz CT molecular complexity index is 992. The van der Waals surface area contributed by atoms with Crippen LogP contribution in [0.5, 0.6) is 11.5 Å². The summed E-state index contributed by atoms with van der Waals surface area (Å²) in [5, 5.41) is 9.70. The molecular weight excluding hydrogens is 348 g/mol. The summed E-state index contributed by atoms with van der Waals surface area (Å²) in [5.74, 6) is 1.30. The molecular formula is C24H20N2O2. The van der Waals surface area contributed by atoms with Crippen molar-refractivity contribution < 1.29 is 9.47 Å². The van der Waals surface area contributed by atoms with Crippen molar-refractivity contribution in [2.75, 3.05) is 14.2 Å². The highest BCUT2D eigenvalue weighted by Crippen LogP contribution is 2.27. The van der Waals surface area contributed by atoms with Gasteiger partial charge in [0, 0.05) is 22.8 Å². The van der Waals surface area contributed by atoms with Gasteiger partial charge in [0.25, 0.3) is 0 Å². The first-order valence-corrected chi connectivity index (χ1v) is 8.78. The molecule has 28 heavy (non-hydrogen) atoms. The van der Waals surface area contributed by atoms with Crippen molar-refractivity contribution in [3.8, 4) is 17.6 Å². The van der Waals surface area contributed by atoms with Crippen molar-refractivity contribution in [1.29, 1.82) is 5.26 Å². The lowest BCUT2D eigenvalue weighted by Crippen LogP contribution is -2.03. The Morgan fingerprint density at radius 2 is 1.46 bits per heavy atom. The van der Waals surface area contributed by atoms with E-state index in [4.69, 9.17) is 9.47 Å². The highest BCUT2D eigenvalue weighted by Gasteiger charge is 2.09. The van der Waals surface area contributed by atoms with Gasteiger partial charge in [-0.05, 0) is 18.2 Å². The van der Waals surface area contributed by atoms with Gasteiger partial charge in [-0.3, -0.25) is 0 Å². The third-order valence-electron chi connectivity index (χ3n) is 4.17. The molecule has 3 aromatic carbocycles. The smallest absolute Gasteiger partial charge is 0.141 e. The van der Waals surface area contributed by atoms with Crippen molar-refractivity contribution in [3.63, 3.8) is 0 Å². The number of methoxy groups -OCH3 is 2. The predicted molar refractivity (Wildman–Crippen MR) is 112 cm³/mol. The maximum absolute atomic E-state index is 9.70. The normalized spacial score (nSPS) is 10.7. The molecule has 0 aliphatic heterocycles. The van der Waals surface area contributed by atoms with Crippen molar-refractivity contribution in [2.24, 2.45) is 4.99 Å². The van der Waals surface area contributed by atoms with Gasteiger partial charge in [-0.25, -0.2) is 4.99 Å². The minimum Gasteiger partial charge on any atom is -0.497 e. The Balaban J connectivity index is 2.10. The molecule has 138 valence electrons. The van der Waals surface area contributed by atoms with Crippen LogP contribution in [-0.2, 0) is 0 Å². The highest BCUT2D eigenvalue weighted by molar-refractivity contribution is 6.13. The van der Waals surface area contributed by atoms with Crippen molar-refractivity contribution >= 4 is 11.8 Å². The lowest BCUT2D eigenvalue weighted by atomic mass is 10.0. The second kappa shape index (κ2) is 9.20. The van der Waals surface area contributed by atoms with Crippen LogP contribution in [-0.4, -0.2) is 19.9 Å². The SMILES string of the molecule is COc1ccc(/C=C(/C#N)N=C(c2ccccc2)c2ccccc2)c(OC)c1. The summed E-state index contributed by atoms with van der Waals surface area (Å²) in [6.07, 6.45) is 1.71. The number of nitrogens with zero attached hydrogens (tertiary/aromatic N) is 2. The number of aliphatic imine (C=N–C) groups is 1. The summed E-state index contributed by atoms with van der Waals surface area (Å²) in [4.78, 5) is 4.68. The zero-order valence-corrected chi connectivity index (χ0v) is 15.8. The quantitative estimate of drug-likeness (QED) is 0.449. The topological polar surface area (TPSA) is 54.6 Å². The van der Waals surface area contributed by atoms with Crippen LogP contribution in [0.4, 0.5) is 0 Å². The lowest BCUT2D eigenvalue weighted by Gasteiger charge is -2.09. The molecule has 0 fully saturated rings. The van der Waals surface area contributed by atoms with E-state index in [9.17, 15) is 5.26 Å². The average Bonchev–Trinajstić information content (AvgIpc) is 2.77. The van der Waals surface area contributed by atoms with Crippen molar-refractivity contribution in [1.82, 2.24) is 0 Å². The molecule has 0 aliphatic rings. The molecule has 0 bridgehead atoms. The molecule has 0 aliphatic carbocycles. The summed E-state index contributed by atoms with van der Waals surface area (Å²) < 4.78 is 10.7. The van der Waals surface area contributed by atoms with E-state index in [1.54, 1.807) is 26.4 Å². The monoisotopic (exact) mass is 368 g/mol. The first-order valence-electron chi connectivity index (χ1n) is 8.78. The predicted octanol–water partition coefficient (Wildman–Crippen LogP) is 5.11. The summed E-state index contributed by atoms with van der Waals surface area (Å²) in [5.41, 5.74) is 3.66. The maximum atomic E-state index is 9.70.